The lowest BCUT2D eigenvalue weighted by atomic mass is 10.0. The number of nitrogens with zero attached hydrogens (tertiary/aromatic N) is 1. The van der Waals surface area contributed by atoms with Gasteiger partial charge < -0.3 is 43.4 Å². The Hall–Kier alpha value is -3.42. The van der Waals surface area contributed by atoms with Crippen molar-refractivity contribution >= 4 is 35.6 Å². The van der Waals surface area contributed by atoms with Gasteiger partial charge in [-0.3, -0.25) is 24.2 Å². The minimum absolute atomic E-state index is 0.0324. The van der Waals surface area contributed by atoms with Gasteiger partial charge in [-0.2, -0.15) is 0 Å². The predicted molar refractivity (Wildman–Crippen MR) is 114 cm³/mol. The fourth-order valence-electron chi connectivity index (χ4n) is 2.58. The molecule has 0 aromatic heterocycles. The molecule has 0 saturated heterocycles. The summed E-state index contributed by atoms with van der Waals surface area (Å²) in [6.45, 7) is 3.35. The molecule has 0 heterocycles. The Balaban J connectivity index is 4.92. The van der Waals surface area contributed by atoms with Crippen LogP contribution >= 0.6 is 0 Å². The number of carbonyl (C=O) groups is 5. The summed E-state index contributed by atoms with van der Waals surface area (Å²) in [5.74, 6) is -5.16. The summed E-state index contributed by atoms with van der Waals surface area (Å²) in [5.41, 5.74) is 16.1. The van der Waals surface area contributed by atoms with Crippen LogP contribution in [0.3, 0.4) is 0 Å². The van der Waals surface area contributed by atoms with E-state index in [1.165, 1.54) is 0 Å². The van der Waals surface area contributed by atoms with Crippen LogP contribution in [0.15, 0.2) is 4.99 Å². The summed E-state index contributed by atoms with van der Waals surface area (Å²) in [4.78, 5) is 62.5. The average Bonchev–Trinajstić information content (AvgIpc) is 2.66. The van der Waals surface area contributed by atoms with Gasteiger partial charge in [0.1, 0.15) is 12.1 Å². The molecule has 0 aliphatic rings. The lowest BCUT2D eigenvalue weighted by molar-refractivity contribution is -0.143. The normalized spacial score (nSPS) is 13.4. The van der Waals surface area contributed by atoms with E-state index in [1.54, 1.807) is 0 Å². The molecular formula is C18H33N7O7. The molecule has 0 radical (unpaired) electrons. The number of aliphatic imine (C=N–C) groups is 1. The van der Waals surface area contributed by atoms with Crippen molar-refractivity contribution in [3.8, 4) is 0 Å². The summed E-state index contributed by atoms with van der Waals surface area (Å²) in [6.07, 6.45) is -0.195. The molecule has 3 atom stereocenters. The van der Waals surface area contributed by atoms with Crippen LogP contribution in [0.25, 0.3) is 0 Å². The lowest BCUT2D eigenvalue weighted by Gasteiger charge is -2.21. The minimum atomic E-state index is -1.55. The van der Waals surface area contributed by atoms with E-state index in [-0.39, 0.29) is 31.3 Å². The second kappa shape index (κ2) is 14.6. The Kier molecular flexibility index (Phi) is 13.0. The Morgan fingerprint density at radius 2 is 1.59 bits per heavy atom. The number of hydrogen-bond donors (Lipinski definition) is 8. The molecule has 14 heteroatoms. The molecule has 32 heavy (non-hydrogen) atoms. The topological polar surface area (TPSA) is 252 Å². The number of amides is 3. The highest BCUT2D eigenvalue weighted by atomic mass is 16.4. The maximum Gasteiger partial charge on any atom is 0.326 e. The number of carboxylic acid groups (broad SMARTS) is 2. The van der Waals surface area contributed by atoms with Gasteiger partial charge in [-0.25, -0.2) is 4.79 Å². The fourth-order valence-corrected chi connectivity index (χ4v) is 2.58. The van der Waals surface area contributed by atoms with E-state index in [4.69, 9.17) is 22.3 Å². The van der Waals surface area contributed by atoms with Gasteiger partial charge in [0.2, 0.25) is 17.7 Å². The highest BCUT2D eigenvalue weighted by molar-refractivity contribution is 5.94. The van der Waals surface area contributed by atoms with E-state index in [1.807, 2.05) is 13.8 Å². The summed E-state index contributed by atoms with van der Waals surface area (Å²) in [7, 11) is 0. The molecule has 0 bridgehead atoms. The number of aliphatic carboxylic acids is 2. The van der Waals surface area contributed by atoms with Crippen molar-refractivity contribution in [2.75, 3.05) is 13.1 Å². The molecule has 11 N–H and O–H groups in total. The van der Waals surface area contributed by atoms with E-state index in [0.717, 1.165) is 0 Å². The average molecular weight is 460 g/mol. The van der Waals surface area contributed by atoms with Gasteiger partial charge >= 0.3 is 11.9 Å². The monoisotopic (exact) mass is 459 g/mol. The maximum absolute atomic E-state index is 12.4. The Morgan fingerprint density at radius 3 is 2.09 bits per heavy atom. The van der Waals surface area contributed by atoms with Crippen molar-refractivity contribution in [1.29, 1.82) is 0 Å². The predicted octanol–water partition coefficient (Wildman–Crippen LogP) is -2.94. The van der Waals surface area contributed by atoms with Gasteiger partial charge in [-0.1, -0.05) is 13.8 Å². The number of guanidine groups is 1. The first kappa shape index (κ1) is 28.6. The number of nitrogens with two attached hydrogens (primary N) is 3. The smallest absolute Gasteiger partial charge is 0.326 e. The first-order valence-corrected chi connectivity index (χ1v) is 9.96. The molecule has 0 aromatic carbocycles. The minimum Gasteiger partial charge on any atom is -0.481 e. The van der Waals surface area contributed by atoms with E-state index < -0.39 is 60.8 Å². The van der Waals surface area contributed by atoms with Crippen LogP contribution in [0.4, 0.5) is 0 Å². The summed E-state index contributed by atoms with van der Waals surface area (Å²) < 4.78 is 0. The number of carboxylic acids is 2. The third-order valence-electron chi connectivity index (χ3n) is 4.08. The lowest BCUT2D eigenvalue weighted by Crippen LogP contribution is -2.54. The SMILES string of the molecule is CC(C)CC(N)C(=O)NCC(=O)NC(CC(=O)O)C(=O)NC(CCCN=C(N)N)C(=O)O. The van der Waals surface area contributed by atoms with E-state index in [0.29, 0.717) is 6.42 Å². The van der Waals surface area contributed by atoms with Gasteiger partial charge in [0, 0.05) is 6.54 Å². The number of nitrogens with one attached hydrogen (secondary N) is 3. The third-order valence-corrected chi connectivity index (χ3v) is 4.08. The van der Waals surface area contributed by atoms with Gasteiger partial charge in [-0.05, 0) is 25.2 Å². The fraction of sp³-hybridized carbons (Fsp3) is 0.667. The number of rotatable bonds is 15. The largest absolute Gasteiger partial charge is 0.481 e. The van der Waals surface area contributed by atoms with Gasteiger partial charge in [-0.15, -0.1) is 0 Å². The molecule has 0 aromatic rings. The molecule has 0 aliphatic carbocycles. The zero-order chi connectivity index (χ0) is 24.8. The molecule has 0 rings (SSSR count). The third kappa shape index (κ3) is 13.0. The molecule has 0 saturated carbocycles. The Bertz CT molecular complexity index is 708. The molecule has 3 unspecified atom stereocenters. The maximum atomic E-state index is 12.4. The van der Waals surface area contributed by atoms with Crippen molar-refractivity contribution in [3.05, 3.63) is 0 Å². The van der Waals surface area contributed by atoms with E-state index in [2.05, 4.69) is 20.9 Å². The van der Waals surface area contributed by atoms with Crippen LogP contribution in [-0.2, 0) is 24.0 Å². The van der Waals surface area contributed by atoms with Crippen LogP contribution in [0.1, 0.15) is 39.5 Å². The summed E-state index contributed by atoms with van der Waals surface area (Å²) in [5, 5.41) is 25.0. The highest BCUT2D eigenvalue weighted by Crippen LogP contribution is 2.03. The van der Waals surface area contributed by atoms with Crippen molar-refractivity contribution in [1.82, 2.24) is 16.0 Å². The van der Waals surface area contributed by atoms with Gasteiger partial charge in [0.15, 0.2) is 5.96 Å². The summed E-state index contributed by atoms with van der Waals surface area (Å²) >= 11 is 0. The second-order valence-electron chi connectivity index (χ2n) is 7.52. The van der Waals surface area contributed by atoms with Crippen molar-refractivity contribution in [3.63, 3.8) is 0 Å². The highest BCUT2D eigenvalue weighted by Gasteiger charge is 2.28. The van der Waals surface area contributed by atoms with Crippen molar-refractivity contribution in [2.24, 2.45) is 28.1 Å². The molecule has 3 amide bonds. The number of hydrogen-bond acceptors (Lipinski definition) is 7. The second-order valence-corrected chi connectivity index (χ2v) is 7.52. The zero-order valence-corrected chi connectivity index (χ0v) is 18.2. The quantitative estimate of drug-likeness (QED) is 0.0702. The molecule has 14 nitrogen and oxygen atoms in total. The molecular weight excluding hydrogens is 426 g/mol. The van der Waals surface area contributed by atoms with Crippen LogP contribution in [0, 0.1) is 5.92 Å². The van der Waals surface area contributed by atoms with Gasteiger partial charge in [0.25, 0.3) is 0 Å². The van der Waals surface area contributed by atoms with Crippen molar-refractivity contribution < 1.29 is 34.2 Å². The van der Waals surface area contributed by atoms with Crippen LogP contribution < -0.4 is 33.2 Å². The van der Waals surface area contributed by atoms with E-state index >= 15 is 0 Å². The molecule has 0 spiro atoms. The molecule has 0 aliphatic heterocycles. The van der Waals surface area contributed by atoms with Crippen LogP contribution in [0.5, 0.6) is 0 Å². The first-order valence-electron chi connectivity index (χ1n) is 9.96. The van der Waals surface area contributed by atoms with Gasteiger partial charge in [0.05, 0.1) is 19.0 Å². The zero-order valence-electron chi connectivity index (χ0n) is 18.2. The molecule has 182 valence electrons. The van der Waals surface area contributed by atoms with Crippen LogP contribution in [0.2, 0.25) is 0 Å². The Labute approximate surface area is 185 Å². The summed E-state index contributed by atoms with van der Waals surface area (Å²) in [6, 6.07) is -3.73. The van der Waals surface area contributed by atoms with E-state index in [9.17, 15) is 29.1 Å². The molecule has 0 fully saturated rings. The first-order chi connectivity index (χ1) is 14.8. The van der Waals surface area contributed by atoms with Crippen LogP contribution in [-0.4, -0.2) is 77.0 Å². The number of carbonyl (C=O) groups excluding carboxylic acids is 3. The standard InChI is InChI=1S/C18H33N7O7/c1-9(2)6-10(19)15(29)23-8-13(26)24-12(7-14(27)28)16(30)25-11(17(31)32)4-3-5-22-18(20)21/h9-12H,3-8,19H2,1-2H3,(H,23,29)(H,24,26)(H,25,30)(H,27,28)(H,31,32)(H4,20,21,22). The Morgan fingerprint density at radius 1 is 0.969 bits per heavy atom. The van der Waals surface area contributed by atoms with Crippen molar-refractivity contribution in [2.45, 2.75) is 57.7 Å².